The van der Waals surface area contributed by atoms with Crippen LogP contribution >= 0.6 is 0 Å². The number of hydrogen-bond donors (Lipinski definition) is 1. The minimum absolute atomic E-state index is 0. The van der Waals surface area contributed by atoms with Crippen LogP contribution in [0.5, 0.6) is 0 Å². The standard InChI is InChI=1S/C17H21N.CH4/c1-15(17-12-6-3-7-13-17)18-14-8-11-16-9-4-2-5-10-16;/h2-7,9-10,12-13,15,18H,8,11,14H2,1H3;1H4. The second-order valence-electron chi connectivity index (χ2n) is 4.68. The van der Waals surface area contributed by atoms with Crippen LogP contribution in [0.2, 0.25) is 0 Å². The molecule has 0 radical (unpaired) electrons. The Balaban J connectivity index is 0.00000180. The van der Waals surface area contributed by atoms with Gasteiger partial charge in [0.2, 0.25) is 0 Å². The number of benzene rings is 2. The van der Waals surface area contributed by atoms with Gasteiger partial charge in [0.05, 0.1) is 0 Å². The molecule has 2 aromatic carbocycles. The van der Waals surface area contributed by atoms with Gasteiger partial charge in [0.15, 0.2) is 0 Å². The van der Waals surface area contributed by atoms with Crippen molar-refractivity contribution in [3.8, 4) is 0 Å². The zero-order valence-corrected chi connectivity index (χ0v) is 11.0. The van der Waals surface area contributed by atoms with Gasteiger partial charge < -0.3 is 5.32 Å². The third kappa shape index (κ3) is 5.27. The van der Waals surface area contributed by atoms with Gasteiger partial charge in [0.25, 0.3) is 0 Å². The number of nitrogens with one attached hydrogen (secondary N) is 1. The van der Waals surface area contributed by atoms with Crippen LogP contribution in [0.1, 0.15) is 37.9 Å². The molecule has 2 aromatic rings. The van der Waals surface area contributed by atoms with Crippen LogP contribution in [0.15, 0.2) is 60.7 Å². The average Bonchev–Trinajstić information content (AvgIpc) is 2.45. The molecule has 0 aliphatic carbocycles. The highest BCUT2D eigenvalue weighted by Gasteiger charge is 2.02. The van der Waals surface area contributed by atoms with Crippen LogP contribution in [-0.4, -0.2) is 6.54 Å². The van der Waals surface area contributed by atoms with Gasteiger partial charge in [-0.1, -0.05) is 68.1 Å². The molecule has 1 unspecified atom stereocenters. The van der Waals surface area contributed by atoms with Crippen LogP contribution in [0, 0.1) is 0 Å². The van der Waals surface area contributed by atoms with Crippen LogP contribution in [-0.2, 0) is 6.42 Å². The topological polar surface area (TPSA) is 12.0 Å². The lowest BCUT2D eigenvalue weighted by Crippen LogP contribution is -2.20. The van der Waals surface area contributed by atoms with Gasteiger partial charge in [-0.3, -0.25) is 0 Å². The fraction of sp³-hybridized carbons (Fsp3) is 0.333. The first-order valence-corrected chi connectivity index (χ1v) is 6.68. The van der Waals surface area contributed by atoms with Crippen LogP contribution < -0.4 is 5.32 Å². The normalized spacial score (nSPS) is 11.6. The molecule has 1 nitrogen and oxygen atoms in total. The Bertz CT molecular complexity index is 436. The summed E-state index contributed by atoms with van der Waals surface area (Å²) in [6.45, 7) is 3.28. The van der Waals surface area contributed by atoms with E-state index in [-0.39, 0.29) is 7.43 Å². The molecule has 0 amide bonds. The van der Waals surface area contributed by atoms with Crippen molar-refractivity contribution in [3.05, 3.63) is 71.8 Å². The van der Waals surface area contributed by atoms with Crippen molar-refractivity contribution in [3.63, 3.8) is 0 Å². The summed E-state index contributed by atoms with van der Waals surface area (Å²) in [7, 11) is 0. The van der Waals surface area contributed by atoms with Gasteiger partial charge in [-0.2, -0.15) is 0 Å². The summed E-state index contributed by atoms with van der Waals surface area (Å²) in [5, 5.41) is 3.57. The molecule has 1 heteroatoms. The highest BCUT2D eigenvalue weighted by molar-refractivity contribution is 5.18. The lowest BCUT2D eigenvalue weighted by molar-refractivity contribution is 0.558. The summed E-state index contributed by atoms with van der Waals surface area (Å²) < 4.78 is 0. The maximum absolute atomic E-state index is 3.57. The fourth-order valence-electron chi connectivity index (χ4n) is 2.12. The van der Waals surface area contributed by atoms with E-state index >= 15 is 0 Å². The summed E-state index contributed by atoms with van der Waals surface area (Å²) in [5.74, 6) is 0. The smallest absolute Gasteiger partial charge is 0.0291 e. The van der Waals surface area contributed by atoms with Gasteiger partial charge in [-0.15, -0.1) is 0 Å². The number of aryl methyl sites for hydroxylation is 1. The lowest BCUT2D eigenvalue weighted by Gasteiger charge is -2.14. The summed E-state index contributed by atoms with van der Waals surface area (Å²) in [5.41, 5.74) is 2.78. The Morgan fingerprint density at radius 3 is 2.11 bits per heavy atom. The third-order valence-electron chi connectivity index (χ3n) is 3.24. The van der Waals surface area contributed by atoms with E-state index in [2.05, 4.69) is 72.9 Å². The van der Waals surface area contributed by atoms with Crippen molar-refractivity contribution in [2.45, 2.75) is 33.2 Å². The van der Waals surface area contributed by atoms with Gasteiger partial charge in [-0.25, -0.2) is 0 Å². The van der Waals surface area contributed by atoms with Gasteiger partial charge >= 0.3 is 0 Å². The van der Waals surface area contributed by atoms with Crippen molar-refractivity contribution in [2.24, 2.45) is 0 Å². The Morgan fingerprint density at radius 1 is 0.895 bits per heavy atom. The van der Waals surface area contributed by atoms with Crippen molar-refractivity contribution in [1.29, 1.82) is 0 Å². The Hall–Kier alpha value is -1.60. The minimum Gasteiger partial charge on any atom is -0.310 e. The molecule has 0 aliphatic heterocycles. The van der Waals surface area contributed by atoms with Gasteiger partial charge in [-0.05, 0) is 37.4 Å². The third-order valence-corrected chi connectivity index (χ3v) is 3.24. The van der Waals surface area contributed by atoms with E-state index in [0.29, 0.717) is 6.04 Å². The molecule has 2 rings (SSSR count). The highest BCUT2D eigenvalue weighted by atomic mass is 14.9. The zero-order chi connectivity index (χ0) is 12.6. The van der Waals surface area contributed by atoms with Crippen molar-refractivity contribution in [2.75, 3.05) is 6.54 Å². The summed E-state index contributed by atoms with van der Waals surface area (Å²) in [6, 6.07) is 21.7. The predicted molar refractivity (Wildman–Crippen MR) is 84.4 cm³/mol. The predicted octanol–water partition coefficient (Wildman–Crippen LogP) is 4.61. The molecule has 1 atom stereocenters. The Kier molecular flexibility index (Phi) is 6.91. The summed E-state index contributed by atoms with van der Waals surface area (Å²) in [4.78, 5) is 0. The van der Waals surface area contributed by atoms with E-state index in [9.17, 15) is 0 Å². The van der Waals surface area contributed by atoms with E-state index in [0.717, 1.165) is 13.0 Å². The van der Waals surface area contributed by atoms with Crippen LogP contribution in [0.3, 0.4) is 0 Å². The van der Waals surface area contributed by atoms with E-state index in [1.165, 1.54) is 17.5 Å². The molecule has 0 fully saturated rings. The molecule has 1 N–H and O–H groups in total. The van der Waals surface area contributed by atoms with Crippen molar-refractivity contribution in [1.82, 2.24) is 5.32 Å². The van der Waals surface area contributed by atoms with E-state index in [1.54, 1.807) is 0 Å². The number of hydrogen-bond acceptors (Lipinski definition) is 1. The lowest BCUT2D eigenvalue weighted by atomic mass is 10.1. The molecule has 0 heterocycles. The molecule has 0 saturated heterocycles. The first kappa shape index (κ1) is 15.5. The molecular formula is C18H25N. The SMILES string of the molecule is C.CC(NCCCc1ccccc1)c1ccccc1. The minimum atomic E-state index is 0. The second-order valence-corrected chi connectivity index (χ2v) is 4.68. The zero-order valence-electron chi connectivity index (χ0n) is 11.0. The van der Waals surface area contributed by atoms with Gasteiger partial charge in [0.1, 0.15) is 0 Å². The first-order valence-electron chi connectivity index (χ1n) is 6.68. The average molecular weight is 255 g/mol. The Labute approximate surface area is 117 Å². The molecule has 0 aliphatic rings. The quantitative estimate of drug-likeness (QED) is 0.743. The molecule has 0 aromatic heterocycles. The largest absolute Gasteiger partial charge is 0.310 e. The fourth-order valence-corrected chi connectivity index (χ4v) is 2.12. The highest BCUT2D eigenvalue weighted by Crippen LogP contribution is 2.11. The monoisotopic (exact) mass is 255 g/mol. The molecule has 102 valence electrons. The molecular weight excluding hydrogens is 230 g/mol. The molecule has 0 bridgehead atoms. The van der Waals surface area contributed by atoms with Gasteiger partial charge in [0, 0.05) is 6.04 Å². The Morgan fingerprint density at radius 2 is 1.47 bits per heavy atom. The first-order chi connectivity index (χ1) is 8.86. The van der Waals surface area contributed by atoms with Crippen LogP contribution in [0.4, 0.5) is 0 Å². The van der Waals surface area contributed by atoms with E-state index in [4.69, 9.17) is 0 Å². The van der Waals surface area contributed by atoms with Crippen LogP contribution in [0.25, 0.3) is 0 Å². The van der Waals surface area contributed by atoms with E-state index in [1.807, 2.05) is 0 Å². The second kappa shape index (κ2) is 8.49. The maximum atomic E-state index is 3.57. The maximum Gasteiger partial charge on any atom is 0.0291 e. The van der Waals surface area contributed by atoms with E-state index < -0.39 is 0 Å². The summed E-state index contributed by atoms with van der Waals surface area (Å²) in [6.07, 6.45) is 2.33. The van der Waals surface area contributed by atoms with Crippen molar-refractivity contribution < 1.29 is 0 Å². The summed E-state index contributed by atoms with van der Waals surface area (Å²) >= 11 is 0. The molecule has 19 heavy (non-hydrogen) atoms. The molecule has 0 saturated carbocycles. The molecule has 0 spiro atoms. The van der Waals surface area contributed by atoms with Crippen molar-refractivity contribution >= 4 is 0 Å². The number of rotatable bonds is 6.